The summed E-state index contributed by atoms with van der Waals surface area (Å²) < 4.78 is 5.72. The molecule has 0 unspecified atom stereocenters. The maximum Gasteiger partial charge on any atom is 0.224 e. The van der Waals surface area contributed by atoms with Gasteiger partial charge in [0.2, 0.25) is 11.8 Å². The molecule has 1 aromatic rings. The lowest BCUT2D eigenvalue weighted by Gasteiger charge is -2.29. The van der Waals surface area contributed by atoms with Gasteiger partial charge in [0.1, 0.15) is 5.75 Å². The highest BCUT2D eigenvalue weighted by Crippen LogP contribution is 2.21. The molecule has 1 saturated heterocycles. The van der Waals surface area contributed by atoms with Crippen molar-refractivity contribution < 1.29 is 14.3 Å². The van der Waals surface area contributed by atoms with Gasteiger partial charge in [0.15, 0.2) is 0 Å². The number of nitrogens with one attached hydrogen (secondary N) is 1. The Kier molecular flexibility index (Phi) is 6.85. The highest BCUT2D eigenvalue weighted by atomic mass is 16.5. The van der Waals surface area contributed by atoms with E-state index in [1.165, 1.54) is 0 Å². The number of rotatable bonds is 7. The number of piperidine rings is 1. The predicted octanol–water partition coefficient (Wildman–Crippen LogP) is 3.16. The number of benzene rings is 1. The van der Waals surface area contributed by atoms with Crippen LogP contribution < -0.4 is 10.1 Å². The summed E-state index contributed by atoms with van der Waals surface area (Å²) in [6, 6.07) is 7.76. The minimum Gasteiger partial charge on any atom is -0.494 e. The fraction of sp³-hybridized carbons (Fsp3) is 0.600. The molecular weight excluding hydrogens is 316 g/mol. The average molecular weight is 346 g/mol. The van der Waals surface area contributed by atoms with Crippen LogP contribution in [0.25, 0.3) is 0 Å². The van der Waals surface area contributed by atoms with Gasteiger partial charge in [-0.2, -0.15) is 0 Å². The molecule has 1 N–H and O–H groups in total. The molecule has 2 rings (SSSR count). The van der Waals surface area contributed by atoms with Crippen molar-refractivity contribution in [3.8, 4) is 5.75 Å². The predicted molar refractivity (Wildman–Crippen MR) is 98.3 cm³/mol. The molecule has 0 spiro atoms. The van der Waals surface area contributed by atoms with Gasteiger partial charge >= 0.3 is 0 Å². The maximum atomic E-state index is 12.4. The molecule has 2 atom stereocenters. The van der Waals surface area contributed by atoms with Gasteiger partial charge in [-0.25, -0.2) is 0 Å². The van der Waals surface area contributed by atoms with E-state index in [0.717, 1.165) is 24.2 Å². The topological polar surface area (TPSA) is 58.6 Å². The third kappa shape index (κ3) is 5.76. The molecule has 0 radical (unpaired) electrons. The second-order valence-electron chi connectivity index (χ2n) is 7.34. The number of nitrogens with zero attached hydrogens (tertiary/aromatic N) is 1. The Bertz CT molecular complexity index is 583. The molecule has 2 amide bonds. The van der Waals surface area contributed by atoms with Crippen molar-refractivity contribution in [2.75, 3.05) is 20.2 Å². The number of carbonyl (C=O) groups is 2. The molecule has 0 saturated carbocycles. The Morgan fingerprint density at radius 3 is 2.56 bits per heavy atom. The lowest BCUT2D eigenvalue weighted by molar-refractivity contribution is -0.139. The highest BCUT2D eigenvalue weighted by molar-refractivity contribution is 5.87. The molecule has 1 fully saturated rings. The minimum atomic E-state index is -0.218. The summed E-state index contributed by atoms with van der Waals surface area (Å²) in [4.78, 5) is 25.8. The van der Waals surface area contributed by atoms with Crippen molar-refractivity contribution in [1.29, 1.82) is 0 Å². The monoisotopic (exact) mass is 346 g/mol. The largest absolute Gasteiger partial charge is 0.494 e. The quantitative estimate of drug-likeness (QED) is 0.825. The molecule has 0 aromatic heterocycles. The van der Waals surface area contributed by atoms with Gasteiger partial charge in [0.05, 0.1) is 12.6 Å². The van der Waals surface area contributed by atoms with E-state index in [1.54, 1.807) is 11.9 Å². The van der Waals surface area contributed by atoms with Crippen molar-refractivity contribution in [2.24, 2.45) is 11.8 Å². The van der Waals surface area contributed by atoms with E-state index in [4.69, 9.17) is 4.74 Å². The number of carbonyl (C=O) groups excluding carboxylic acids is 2. The van der Waals surface area contributed by atoms with Gasteiger partial charge in [-0.3, -0.25) is 9.59 Å². The van der Waals surface area contributed by atoms with Gasteiger partial charge in [0.25, 0.3) is 0 Å². The van der Waals surface area contributed by atoms with Crippen LogP contribution in [0.1, 0.15) is 51.6 Å². The van der Waals surface area contributed by atoms with Crippen molar-refractivity contribution in [1.82, 2.24) is 10.2 Å². The van der Waals surface area contributed by atoms with Crippen LogP contribution in [0.4, 0.5) is 0 Å². The summed E-state index contributed by atoms with van der Waals surface area (Å²) in [6.07, 6.45) is 2.06. The summed E-state index contributed by atoms with van der Waals surface area (Å²) in [6.45, 7) is 7.67. The van der Waals surface area contributed by atoms with Crippen molar-refractivity contribution >= 4 is 11.8 Å². The highest BCUT2D eigenvalue weighted by Gasteiger charge is 2.29. The molecule has 1 aromatic carbocycles. The normalized spacial score (nSPS) is 19.0. The first-order valence-electron chi connectivity index (χ1n) is 9.14. The molecule has 1 heterocycles. The van der Waals surface area contributed by atoms with E-state index in [9.17, 15) is 9.59 Å². The summed E-state index contributed by atoms with van der Waals surface area (Å²) in [7, 11) is 1.78. The Morgan fingerprint density at radius 2 is 1.96 bits per heavy atom. The van der Waals surface area contributed by atoms with E-state index < -0.39 is 0 Å². The van der Waals surface area contributed by atoms with E-state index in [1.807, 2.05) is 31.2 Å². The number of amides is 2. The molecule has 138 valence electrons. The van der Waals surface area contributed by atoms with Crippen LogP contribution in [-0.4, -0.2) is 36.9 Å². The van der Waals surface area contributed by atoms with Crippen LogP contribution >= 0.6 is 0 Å². The van der Waals surface area contributed by atoms with Gasteiger partial charge in [-0.05, 0) is 43.4 Å². The fourth-order valence-corrected chi connectivity index (χ4v) is 2.85. The number of likely N-dealkylation sites (tertiary alicyclic amines) is 1. The third-order valence-electron chi connectivity index (χ3n) is 4.73. The number of hydrogen-bond donors (Lipinski definition) is 1. The smallest absolute Gasteiger partial charge is 0.224 e. The molecule has 0 bridgehead atoms. The Morgan fingerprint density at radius 1 is 1.28 bits per heavy atom. The molecule has 5 heteroatoms. The second-order valence-corrected chi connectivity index (χ2v) is 7.34. The van der Waals surface area contributed by atoms with Crippen LogP contribution in [0, 0.1) is 11.8 Å². The fourth-order valence-electron chi connectivity index (χ4n) is 2.85. The lowest BCUT2D eigenvalue weighted by Crippen LogP contribution is -2.42. The van der Waals surface area contributed by atoms with E-state index in [2.05, 4.69) is 19.2 Å². The van der Waals surface area contributed by atoms with Crippen LogP contribution in [0.5, 0.6) is 5.75 Å². The summed E-state index contributed by atoms with van der Waals surface area (Å²) in [5, 5.41) is 3.03. The molecule has 0 aliphatic carbocycles. The Labute approximate surface area is 150 Å². The first kappa shape index (κ1) is 19.3. The number of hydrogen-bond acceptors (Lipinski definition) is 3. The van der Waals surface area contributed by atoms with Crippen LogP contribution in [0.15, 0.2) is 24.3 Å². The lowest BCUT2D eigenvalue weighted by atomic mass is 9.95. The molecule has 1 aliphatic heterocycles. The van der Waals surface area contributed by atoms with Crippen LogP contribution in [0.2, 0.25) is 0 Å². The maximum absolute atomic E-state index is 12.4. The average Bonchev–Trinajstić information content (AvgIpc) is 2.57. The second kappa shape index (κ2) is 8.88. The Balaban J connectivity index is 1.84. The zero-order valence-electron chi connectivity index (χ0n) is 15.7. The van der Waals surface area contributed by atoms with E-state index >= 15 is 0 Å². The summed E-state index contributed by atoms with van der Waals surface area (Å²) >= 11 is 0. The zero-order valence-corrected chi connectivity index (χ0v) is 15.7. The standard InChI is InChI=1S/C20H30N2O3/c1-14(2)10-12-25-18-7-5-16(6-8-18)15(3)21-20(24)17-9-11-22(4)19(23)13-17/h5-8,14-15,17H,9-13H2,1-4H3,(H,21,24)/t15-,17-/m1/s1. The van der Waals surface area contributed by atoms with Crippen molar-refractivity contribution in [3.63, 3.8) is 0 Å². The molecule has 1 aliphatic rings. The van der Waals surface area contributed by atoms with Gasteiger partial charge in [-0.15, -0.1) is 0 Å². The first-order valence-corrected chi connectivity index (χ1v) is 9.14. The van der Waals surface area contributed by atoms with E-state index in [0.29, 0.717) is 25.5 Å². The first-order chi connectivity index (χ1) is 11.9. The summed E-state index contributed by atoms with van der Waals surface area (Å²) in [5.41, 5.74) is 1.03. The van der Waals surface area contributed by atoms with Crippen molar-refractivity contribution in [3.05, 3.63) is 29.8 Å². The van der Waals surface area contributed by atoms with Gasteiger partial charge in [0, 0.05) is 25.9 Å². The zero-order chi connectivity index (χ0) is 18.4. The van der Waals surface area contributed by atoms with Crippen LogP contribution in [0.3, 0.4) is 0 Å². The third-order valence-corrected chi connectivity index (χ3v) is 4.73. The van der Waals surface area contributed by atoms with Gasteiger partial charge in [-0.1, -0.05) is 26.0 Å². The Hall–Kier alpha value is -2.04. The minimum absolute atomic E-state index is 0.0359. The molecule has 25 heavy (non-hydrogen) atoms. The van der Waals surface area contributed by atoms with E-state index in [-0.39, 0.29) is 23.8 Å². The van der Waals surface area contributed by atoms with Gasteiger partial charge < -0.3 is 15.0 Å². The molecular formula is C20H30N2O3. The summed E-state index contributed by atoms with van der Waals surface area (Å²) in [5.74, 6) is 1.27. The number of ether oxygens (including phenoxy) is 1. The SMILES string of the molecule is CC(C)CCOc1ccc([C@@H](C)NC(=O)[C@@H]2CCN(C)C(=O)C2)cc1. The molecule has 5 nitrogen and oxygen atoms in total. The van der Waals surface area contributed by atoms with Crippen LogP contribution in [-0.2, 0) is 9.59 Å². The van der Waals surface area contributed by atoms with Crippen molar-refractivity contribution in [2.45, 2.75) is 46.1 Å².